The lowest BCUT2D eigenvalue weighted by molar-refractivity contribution is -0.115. The molecule has 0 unspecified atom stereocenters. The number of nitrogen functional groups attached to an aromatic ring is 1. The van der Waals surface area contributed by atoms with Crippen LogP contribution in [0, 0.1) is 6.92 Å². The molecule has 0 spiro atoms. The Bertz CT molecular complexity index is 568. The van der Waals surface area contributed by atoms with Gasteiger partial charge in [0.1, 0.15) is 0 Å². The average Bonchev–Trinajstić information content (AvgIpc) is 2.40. The summed E-state index contributed by atoms with van der Waals surface area (Å²) in [5.74, 6) is -0.271. The second-order valence-electron chi connectivity index (χ2n) is 4.82. The third-order valence-corrected chi connectivity index (χ3v) is 4.84. The highest BCUT2D eigenvalue weighted by Crippen LogP contribution is 2.20. The monoisotopic (exact) mass is 298 g/mol. The minimum absolute atomic E-state index is 0.0275. The first-order valence-electron chi connectivity index (χ1n) is 6.71. The quantitative estimate of drug-likeness (QED) is 0.755. The summed E-state index contributed by atoms with van der Waals surface area (Å²) in [5.41, 5.74) is 7.76. The molecule has 0 fully saturated rings. The van der Waals surface area contributed by atoms with Crippen LogP contribution < -0.4 is 11.1 Å². The largest absolute Gasteiger partial charge is 0.398 e. The molecule has 0 saturated carbocycles. The van der Waals surface area contributed by atoms with Crippen molar-refractivity contribution in [2.45, 2.75) is 33.1 Å². The lowest BCUT2D eigenvalue weighted by atomic mass is 10.1. The van der Waals surface area contributed by atoms with Gasteiger partial charge in [0.15, 0.2) is 9.84 Å². The van der Waals surface area contributed by atoms with E-state index < -0.39 is 9.84 Å². The maximum atomic E-state index is 11.8. The summed E-state index contributed by atoms with van der Waals surface area (Å²) in [4.78, 5) is 11.8. The van der Waals surface area contributed by atoms with Crippen LogP contribution in [0.3, 0.4) is 0 Å². The fraction of sp³-hybridized carbons (Fsp3) is 0.500. The topological polar surface area (TPSA) is 89.3 Å². The Balaban J connectivity index is 2.54. The molecular weight excluding hydrogens is 276 g/mol. The molecule has 0 atom stereocenters. The first kappa shape index (κ1) is 16.5. The fourth-order valence-electron chi connectivity index (χ4n) is 1.72. The Morgan fingerprint density at radius 2 is 2.00 bits per heavy atom. The average molecular weight is 298 g/mol. The summed E-state index contributed by atoms with van der Waals surface area (Å²) < 4.78 is 23.3. The van der Waals surface area contributed by atoms with Crippen LogP contribution >= 0.6 is 0 Å². The second kappa shape index (κ2) is 7.28. The number of amides is 1. The third kappa shape index (κ3) is 5.21. The van der Waals surface area contributed by atoms with Gasteiger partial charge in [0.2, 0.25) is 5.91 Å². The minimum Gasteiger partial charge on any atom is -0.398 e. The summed E-state index contributed by atoms with van der Waals surface area (Å²) in [6.45, 7) is 3.74. The minimum atomic E-state index is -3.13. The van der Waals surface area contributed by atoms with E-state index in [4.69, 9.17) is 5.73 Å². The van der Waals surface area contributed by atoms with Crippen molar-refractivity contribution in [2.24, 2.45) is 0 Å². The highest BCUT2D eigenvalue weighted by molar-refractivity contribution is 7.91. The van der Waals surface area contributed by atoms with Crippen molar-refractivity contribution in [1.29, 1.82) is 0 Å². The van der Waals surface area contributed by atoms with Crippen molar-refractivity contribution in [3.63, 3.8) is 0 Å². The molecule has 5 nitrogen and oxygen atoms in total. The molecule has 0 aromatic heterocycles. The van der Waals surface area contributed by atoms with E-state index in [9.17, 15) is 13.2 Å². The SMILES string of the molecule is CCCCS(=O)(=O)CCC(=O)Nc1cccc(N)c1C. The van der Waals surface area contributed by atoms with Crippen molar-refractivity contribution < 1.29 is 13.2 Å². The maximum Gasteiger partial charge on any atom is 0.225 e. The number of nitrogens with two attached hydrogens (primary N) is 1. The van der Waals surface area contributed by atoms with Gasteiger partial charge in [0.05, 0.1) is 11.5 Å². The fourth-order valence-corrected chi connectivity index (χ4v) is 3.15. The summed E-state index contributed by atoms with van der Waals surface area (Å²) in [6.07, 6.45) is 1.44. The van der Waals surface area contributed by atoms with Crippen LogP contribution in [0.4, 0.5) is 11.4 Å². The van der Waals surface area contributed by atoms with Gasteiger partial charge < -0.3 is 11.1 Å². The zero-order chi connectivity index (χ0) is 15.2. The molecule has 0 aliphatic heterocycles. The van der Waals surface area contributed by atoms with Crippen LogP contribution in [-0.4, -0.2) is 25.8 Å². The van der Waals surface area contributed by atoms with Gasteiger partial charge in [-0.15, -0.1) is 0 Å². The van der Waals surface area contributed by atoms with Gasteiger partial charge in [-0.3, -0.25) is 4.79 Å². The molecule has 1 aromatic carbocycles. The van der Waals surface area contributed by atoms with Crippen molar-refractivity contribution in [3.8, 4) is 0 Å². The number of rotatable bonds is 7. The van der Waals surface area contributed by atoms with Crippen LogP contribution in [-0.2, 0) is 14.6 Å². The van der Waals surface area contributed by atoms with E-state index in [2.05, 4.69) is 5.32 Å². The molecule has 0 aliphatic carbocycles. The molecule has 6 heteroatoms. The highest BCUT2D eigenvalue weighted by Gasteiger charge is 2.13. The number of hydrogen-bond acceptors (Lipinski definition) is 4. The standard InChI is InChI=1S/C14H22N2O3S/c1-3-4-9-20(18,19)10-8-14(17)16-13-7-5-6-12(15)11(13)2/h5-7H,3-4,8-10,15H2,1-2H3,(H,16,17). The molecule has 0 saturated heterocycles. The van der Waals surface area contributed by atoms with E-state index >= 15 is 0 Å². The molecule has 112 valence electrons. The number of hydrogen-bond donors (Lipinski definition) is 2. The summed E-state index contributed by atoms with van der Waals surface area (Å²) >= 11 is 0. The maximum absolute atomic E-state index is 11.8. The zero-order valence-electron chi connectivity index (χ0n) is 12.0. The van der Waals surface area contributed by atoms with Gasteiger partial charge in [-0.25, -0.2) is 8.42 Å². The predicted octanol–water partition coefficient (Wildman–Crippen LogP) is 2.12. The Hall–Kier alpha value is -1.56. The van der Waals surface area contributed by atoms with E-state index in [-0.39, 0.29) is 23.8 Å². The molecule has 1 amide bonds. The van der Waals surface area contributed by atoms with E-state index in [0.29, 0.717) is 17.8 Å². The Labute approximate surface area is 120 Å². The number of carbonyl (C=O) groups is 1. The van der Waals surface area contributed by atoms with Gasteiger partial charge in [-0.1, -0.05) is 19.4 Å². The number of benzene rings is 1. The first-order chi connectivity index (χ1) is 9.35. The van der Waals surface area contributed by atoms with E-state index in [0.717, 1.165) is 12.0 Å². The smallest absolute Gasteiger partial charge is 0.225 e. The van der Waals surface area contributed by atoms with Crippen LogP contribution in [0.1, 0.15) is 31.7 Å². The molecule has 0 heterocycles. The third-order valence-electron chi connectivity index (χ3n) is 3.10. The highest BCUT2D eigenvalue weighted by atomic mass is 32.2. The molecular formula is C14H22N2O3S. The van der Waals surface area contributed by atoms with Gasteiger partial charge in [-0.2, -0.15) is 0 Å². The summed E-state index contributed by atoms with van der Waals surface area (Å²) in [7, 11) is -3.13. The number of anilines is 2. The zero-order valence-corrected chi connectivity index (χ0v) is 12.8. The van der Waals surface area contributed by atoms with Crippen molar-refractivity contribution in [3.05, 3.63) is 23.8 Å². The molecule has 0 bridgehead atoms. The van der Waals surface area contributed by atoms with Crippen LogP contribution in [0.15, 0.2) is 18.2 Å². The lowest BCUT2D eigenvalue weighted by Crippen LogP contribution is -2.19. The van der Waals surface area contributed by atoms with Gasteiger partial charge >= 0.3 is 0 Å². The van der Waals surface area contributed by atoms with Gasteiger partial charge in [0, 0.05) is 17.8 Å². The van der Waals surface area contributed by atoms with Crippen LogP contribution in [0.2, 0.25) is 0 Å². The van der Waals surface area contributed by atoms with Gasteiger partial charge in [0.25, 0.3) is 0 Å². The molecule has 0 aliphatic rings. The predicted molar refractivity (Wildman–Crippen MR) is 82.4 cm³/mol. The van der Waals surface area contributed by atoms with Crippen LogP contribution in [0.25, 0.3) is 0 Å². The molecule has 1 aromatic rings. The molecule has 20 heavy (non-hydrogen) atoms. The van der Waals surface area contributed by atoms with Crippen molar-refractivity contribution in [1.82, 2.24) is 0 Å². The Morgan fingerprint density at radius 1 is 1.30 bits per heavy atom. The second-order valence-corrected chi connectivity index (χ2v) is 7.13. The van der Waals surface area contributed by atoms with Crippen LogP contribution in [0.5, 0.6) is 0 Å². The van der Waals surface area contributed by atoms with Crippen molar-refractivity contribution >= 4 is 27.1 Å². The van der Waals surface area contributed by atoms with E-state index in [1.165, 1.54) is 0 Å². The van der Waals surface area contributed by atoms with E-state index in [1.54, 1.807) is 18.2 Å². The first-order valence-corrected chi connectivity index (χ1v) is 8.53. The number of nitrogens with one attached hydrogen (secondary N) is 1. The van der Waals surface area contributed by atoms with E-state index in [1.807, 2.05) is 13.8 Å². The normalized spacial score (nSPS) is 11.3. The Kier molecular flexibility index (Phi) is 6.01. The number of sulfone groups is 1. The van der Waals surface area contributed by atoms with Gasteiger partial charge in [-0.05, 0) is 31.0 Å². The van der Waals surface area contributed by atoms with Crippen molar-refractivity contribution in [2.75, 3.05) is 22.6 Å². The number of unbranched alkanes of at least 4 members (excludes halogenated alkanes) is 1. The summed E-state index contributed by atoms with van der Waals surface area (Å²) in [6, 6.07) is 5.24. The molecule has 1 rings (SSSR count). The molecule has 0 radical (unpaired) electrons. The summed E-state index contributed by atoms with van der Waals surface area (Å²) in [5, 5.41) is 2.70. The lowest BCUT2D eigenvalue weighted by Gasteiger charge is -2.10. The number of carbonyl (C=O) groups excluding carboxylic acids is 1. The Morgan fingerprint density at radius 3 is 2.65 bits per heavy atom. The molecule has 3 N–H and O–H groups in total.